The van der Waals surface area contributed by atoms with Crippen LogP contribution in [-0.4, -0.2) is 54.9 Å². The van der Waals surface area contributed by atoms with Gasteiger partial charge in [-0.25, -0.2) is 0 Å². The first-order chi connectivity index (χ1) is 10.3. The van der Waals surface area contributed by atoms with Gasteiger partial charge in [-0.15, -0.1) is 0 Å². The minimum Gasteiger partial charge on any atom is -0.497 e. The second kappa shape index (κ2) is 6.31. The molecule has 4 nitrogen and oxygen atoms in total. The summed E-state index contributed by atoms with van der Waals surface area (Å²) in [6.45, 7) is 4.42. The highest BCUT2D eigenvalue weighted by Gasteiger charge is 2.29. The van der Waals surface area contributed by atoms with Crippen molar-refractivity contribution in [3.05, 3.63) is 42.1 Å². The van der Waals surface area contributed by atoms with E-state index in [1.807, 2.05) is 18.3 Å². The Balaban J connectivity index is 1.58. The lowest BCUT2D eigenvalue weighted by atomic mass is 10.1. The Bertz CT molecular complexity index is 524. The van der Waals surface area contributed by atoms with E-state index in [0.717, 1.165) is 25.4 Å². The number of carbonyl (C=O) groups excluding carboxylic acids is 1. The maximum atomic E-state index is 12.1. The summed E-state index contributed by atoms with van der Waals surface area (Å²) in [6.07, 6.45) is 6.25. The predicted molar refractivity (Wildman–Crippen MR) is 82.6 cm³/mol. The van der Waals surface area contributed by atoms with Crippen molar-refractivity contribution in [2.75, 3.05) is 33.3 Å². The van der Waals surface area contributed by atoms with Gasteiger partial charge < -0.3 is 9.64 Å². The number of carbonyl (C=O) groups is 1. The quantitative estimate of drug-likeness (QED) is 0.627. The van der Waals surface area contributed by atoms with E-state index in [9.17, 15) is 4.79 Å². The molecule has 4 heteroatoms. The number of benzene rings is 1. The van der Waals surface area contributed by atoms with Gasteiger partial charge in [0.1, 0.15) is 5.75 Å². The van der Waals surface area contributed by atoms with Gasteiger partial charge in [-0.3, -0.25) is 9.69 Å². The van der Waals surface area contributed by atoms with Gasteiger partial charge in [-0.05, 0) is 43.7 Å². The van der Waals surface area contributed by atoms with E-state index in [2.05, 4.69) is 9.80 Å². The van der Waals surface area contributed by atoms with Gasteiger partial charge in [0.15, 0.2) is 5.78 Å². The fourth-order valence-electron chi connectivity index (χ4n) is 3.18. The maximum absolute atomic E-state index is 12.1. The van der Waals surface area contributed by atoms with Crippen LogP contribution in [0.15, 0.2) is 36.5 Å². The molecule has 0 radical (unpaired) electrons. The number of hydrogen-bond donors (Lipinski definition) is 0. The molecular weight excluding hydrogens is 264 g/mol. The molecule has 0 saturated carbocycles. The lowest BCUT2D eigenvalue weighted by Gasteiger charge is -2.36. The Labute approximate surface area is 126 Å². The molecular formula is C17H22N2O2. The summed E-state index contributed by atoms with van der Waals surface area (Å²) < 4.78 is 5.10. The number of piperazine rings is 1. The second-order valence-corrected chi connectivity index (χ2v) is 5.74. The highest BCUT2D eigenvalue weighted by atomic mass is 16.5. The molecule has 0 amide bonds. The molecule has 0 spiro atoms. The van der Waals surface area contributed by atoms with E-state index < -0.39 is 0 Å². The summed E-state index contributed by atoms with van der Waals surface area (Å²) in [5.74, 6) is 0.819. The van der Waals surface area contributed by atoms with Crippen LogP contribution in [0, 0.1) is 0 Å². The van der Waals surface area contributed by atoms with Crippen molar-refractivity contribution in [2.45, 2.75) is 18.9 Å². The summed E-state index contributed by atoms with van der Waals surface area (Å²) in [5.41, 5.74) is 0.701. The van der Waals surface area contributed by atoms with Crippen LogP contribution in [0.3, 0.4) is 0 Å². The molecule has 0 aromatic heterocycles. The van der Waals surface area contributed by atoms with Crippen molar-refractivity contribution in [1.29, 1.82) is 0 Å². The van der Waals surface area contributed by atoms with Crippen molar-refractivity contribution in [1.82, 2.24) is 9.80 Å². The standard InChI is InChI=1S/C17H22N2O2/c1-21-16-6-4-14(5-7-16)17(20)8-10-18-11-12-19-9-2-3-15(19)13-18/h4-8,10,15H,2-3,9,11-13H2,1H3. The van der Waals surface area contributed by atoms with E-state index in [1.54, 1.807) is 25.3 Å². The van der Waals surface area contributed by atoms with E-state index in [-0.39, 0.29) is 5.78 Å². The maximum Gasteiger partial charge on any atom is 0.187 e. The van der Waals surface area contributed by atoms with Crippen molar-refractivity contribution in [2.24, 2.45) is 0 Å². The Morgan fingerprint density at radius 3 is 2.81 bits per heavy atom. The lowest BCUT2D eigenvalue weighted by Crippen LogP contribution is -2.47. The molecule has 1 atom stereocenters. The average Bonchev–Trinajstić information content (AvgIpc) is 3.00. The molecule has 3 rings (SSSR count). The van der Waals surface area contributed by atoms with Gasteiger partial charge >= 0.3 is 0 Å². The molecule has 2 saturated heterocycles. The molecule has 112 valence electrons. The molecule has 2 aliphatic rings. The topological polar surface area (TPSA) is 32.8 Å². The molecule has 2 aliphatic heterocycles. The van der Waals surface area contributed by atoms with Crippen molar-refractivity contribution in [3.8, 4) is 5.75 Å². The zero-order chi connectivity index (χ0) is 14.7. The predicted octanol–water partition coefficient (Wildman–Crippen LogP) is 2.17. The summed E-state index contributed by atoms with van der Waals surface area (Å²) in [5, 5.41) is 0. The largest absolute Gasteiger partial charge is 0.497 e. The molecule has 1 aromatic rings. The van der Waals surface area contributed by atoms with Crippen LogP contribution in [-0.2, 0) is 0 Å². The minimum absolute atomic E-state index is 0.0477. The van der Waals surface area contributed by atoms with Gasteiger partial charge in [0.05, 0.1) is 7.11 Å². The van der Waals surface area contributed by atoms with E-state index in [4.69, 9.17) is 4.74 Å². The van der Waals surface area contributed by atoms with Gasteiger partial charge in [-0.1, -0.05) is 0 Å². The number of hydrogen-bond acceptors (Lipinski definition) is 4. The monoisotopic (exact) mass is 286 g/mol. The van der Waals surface area contributed by atoms with Gasteiger partial charge in [-0.2, -0.15) is 0 Å². The average molecular weight is 286 g/mol. The van der Waals surface area contributed by atoms with Gasteiger partial charge in [0.25, 0.3) is 0 Å². The summed E-state index contributed by atoms with van der Waals surface area (Å²) >= 11 is 0. The Hall–Kier alpha value is -1.81. The summed E-state index contributed by atoms with van der Waals surface area (Å²) in [7, 11) is 1.62. The van der Waals surface area contributed by atoms with E-state index in [0.29, 0.717) is 11.6 Å². The third-order valence-electron chi connectivity index (χ3n) is 4.43. The fourth-order valence-corrected chi connectivity index (χ4v) is 3.18. The van der Waals surface area contributed by atoms with Crippen molar-refractivity contribution < 1.29 is 9.53 Å². The number of nitrogens with zero attached hydrogens (tertiary/aromatic N) is 2. The second-order valence-electron chi connectivity index (χ2n) is 5.74. The molecule has 2 fully saturated rings. The number of rotatable bonds is 4. The lowest BCUT2D eigenvalue weighted by molar-refractivity contribution is 0.104. The van der Waals surface area contributed by atoms with Crippen molar-refractivity contribution >= 4 is 5.78 Å². The first kappa shape index (κ1) is 14.1. The molecule has 2 heterocycles. The fraction of sp³-hybridized carbons (Fsp3) is 0.471. The highest BCUT2D eigenvalue weighted by Crippen LogP contribution is 2.21. The van der Waals surface area contributed by atoms with Crippen LogP contribution in [0.25, 0.3) is 0 Å². The zero-order valence-corrected chi connectivity index (χ0v) is 12.5. The Morgan fingerprint density at radius 2 is 2.05 bits per heavy atom. The number of allylic oxidation sites excluding steroid dienone is 1. The minimum atomic E-state index is 0.0477. The molecule has 1 unspecified atom stereocenters. The number of ketones is 1. The molecule has 0 N–H and O–H groups in total. The first-order valence-corrected chi connectivity index (χ1v) is 7.61. The van der Waals surface area contributed by atoms with Crippen molar-refractivity contribution in [3.63, 3.8) is 0 Å². The number of methoxy groups -OCH3 is 1. The van der Waals surface area contributed by atoms with Gasteiger partial charge in [0, 0.05) is 43.5 Å². The molecule has 0 bridgehead atoms. The van der Waals surface area contributed by atoms with Crippen LogP contribution in [0.1, 0.15) is 23.2 Å². The highest BCUT2D eigenvalue weighted by molar-refractivity contribution is 6.04. The first-order valence-electron chi connectivity index (χ1n) is 7.61. The van der Waals surface area contributed by atoms with Crippen LogP contribution in [0.2, 0.25) is 0 Å². The third-order valence-corrected chi connectivity index (χ3v) is 4.43. The van der Waals surface area contributed by atoms with Crippen LogP contribution < -0.4 is 4.74 Å². The third kappa shape index (κ3) is 3.27. The van der Waals surface area contributed by atoms with E-state index >= 15 is 0 Å². The molecule has 21 heavy (non-hydrogen) atoms. The Morgan fingerprint density at radius 1 is 1.24 bits per heavy atom. The van der Waals surface area contributed by atoms with Crippen LogP contribution >= 0.6 is 0 Å². The molecule has 1 aromatic carbocycles. The Kier molecular flexibility index (Phi) is 4.25. The zero-order valence-electron chi connectivity index (χ0n) is 12.5. The SMILES string of the molecule is COc1ccc(C(=O)C=CN2CCN3CCCC3C2)cc1. The van der Waals surface area contributed by atoms with E-state index in [1.165, 1.54) is 19.4 Å². The normalized spacial score (nSPS) is 22.5. The smallest absolute Gasteiger partial charge is 0.187 e. The molecule has 0 aliphatic carbocycles. The number of ether oxygens (including phenoxy) is 1. The number of fused-ring (bicyclic) bond motifs is 1. The van der Waals surface area contributed by atoms with Crippen LogP contribution in [0.4, 0.5) is 0 Å². The van der Waals surface area contributed by atoms with Crippen LogP contribution in [0.5, 0.6) is 5.75 Å². The van der Waals surface area contributed by atoms with Gasteiger partial charge in [0.2, 0.25) is 0 Å². The summed E-state index contributed by atoms with van der Waals surface area (Å²) in [6, 6.07) is 7.93. The summed E-state index contributed by atoms with van der Waals surface area (Å²) in [4.78, 5) is 17.0.